The maximum atomic E-state index is 12.6. The van der Waals surface area contributed by atoms with Crippen LogP contribution in [-0.4, -0.2) is 82.9 Å². The molecule has 134 valence electrons. The fourth-order valence-electron chi connectivity index (χ4n) is 3.69. The number of ether oxygens (including phenoxy) is 1. The van der Waals surface area contributed by atoms with Gasteiger partial charge in [-0.3, -0.25) is 0 Å². The van der Waals surface area contributed by atoms with Crippen molar-refractivity contribution < 1.29 is 9.53 Å². The maximum Gasteiger partial charge on any atom is 0.320 e. The Kier molecular flexibility index (Phi) is 4.44. The van der Waals surface area contributed by atoms with E-state index in [-0.39, 0.29) is 12.1 Å². The van der Waals surface area contributed by atoms with Crippen LogP contribution in [0.15, 0.2) is 24.7 Å². The third-order valence-electron chi connectivity index (χ3n) is 5.20. The van der Waals surface area contributed by atoms with Gasteiger partial charge in [0.05, 0.1) is 19.4 Å². The number of carbonyl (C=O) groups is 1. The van der Waals surface area contributed by atoms with Crippen LogP contribution in [0.4, 0.5) is 10.6 Å². The van der Waals surface area contributed by atoms with E-state index in [1.165, 1.54) is 0 Å². The summed E-state index contributed by atoms with van der Waals surface area (Å²) in [4.78, 5) is 23.3. The minimum absolute atomic E-state index is 0.123. The van der Waals surface area contributed by atoms with E-state index in [9.17, 15) is 4.79 Å². The number of urea groups is 1. The first-order chi connectivity index (χ1) is 12.2. The Morgan fingerprint density at radius 2 is 1.96 bits per heavy atom. The minimum atomic E-state index is 0.123. The number of nitrogens with zero attached hydrogens (tertiary/aromatic N) is 6. The second-order valence-corrected chi connectivity index (χ2v) is 6.62. The number of morpholine rings is 1. The van der Waals surface area contributed by atoms with Crippen molar-refractivity contribution in [2.24, 2.45) is 0 Å². The molecule has 0 N–H and O–H groups in total. The zero-order valence-electron chi connectivity index (χ0n) is 14.5. The summed E-state index contributed by atoms with van der Waals surface area (Å²) >= 11 is 0. The highest BCUT2D eigenvalue weighted by Crippen LogP contribution is 2.24. The molecule has 2 aromatic rings. The lowest BCUT2D eigenvalue weighted by atomic mass is 10.0. The van der Waals surface area contributed by atoms with Crippen molar-refractivity contribution >= 4 is 17.4 Å². The molecule has 25 heavy (non-hydrogen) atoms. The second kappa shape index (κ2) is 6.87. The highest BCUT2D eigenvalue weighted by molar-refractivity contribution is 5.74. The molecular weight excluding hydrogens is 320 g/mol. The van der Waals surface area contributed by atoms with E-state index in [0.29, 0.717) is 26.3 Å². The first-order valence-corrected chi connectivity index (χ1v) is 8.87. The van der Waals surface area contributed by atoms with E-state index in [4.69, 9.17) is 4.74 Å². The van der Waals surface area contributed by atoms with Crippen LogP contribution in [0.25, 0.3) is 5.52 Å². The van der Waals surface area contributed by atoms with Crippen LogP contribution in [-0.2, 0) is 4.74 Å². The smallest absolute Gasteiger partial charge is 0.320 e. The SMILES string of the molecule is CN(C(=O)N1CCOCC1)C1CCN(c2nccn3nccc23)CC1. The Morgan fingerprint density at radius 1 is 1.20 bits per heavy atom. The number of aromatic nitrogens is 3. The van der Waals surface area contributed by atoms with Crippen LogP contribution in [0.5, 0.6) is 0 Å². The van der Waals surface area contributed by atoms with Crippen molar-refractivity contribution in [2.75, 3.05) is 51.3 Å². The molecule has 0 bridgehead atoms. The summed E-state index contributed by atoms with van der Waals surface area (Å²) < 4.78 is 7.18. The van der Waals surface area contributed by atoms with Crippen molar-refractivity contribution in [1.82, 2.24) is 24.4 Å². The van der Waals surface area contributed by atoms with Gasteiger partial charge >= 0.3 is 6.03 Å². The van der Waals surface area contributed by atoms with Crippen LogP contribution < -0.4 is 4.90 Å². The van der Waals surface area contributed by atoms with Crippen molar-refractivity contribution in [1.29, 1.82) is 0 Å². The Labute approximate surface area is 147 Å². The summed E-state index contributed by atoms with van der Waals surface area (Å²) in [5.41, 5.74) is 1.03. The molecule has 0 atom stereocenters. The Morgan fingerprint density at radius 3 is 2.72 bits per heavy atom. The molecule has 0 aromatic carbocycles. The van der Waals surface area contributed by atoms with Crippen LogP contribution in [0.2, 0.25) is 0 Å². The molecule has 4 rings (SSSR count). The number of piperidine rings is 1. The summed E-state index contributed by atoms with van der Waals surface area (Å²) in [6.45, 7) is 4.44. The van der Waals surface area contributed by atoms with E-state index >= 15 is 0 Å². The standard InChI is InChI=1S/C17H24N6O2/c1-20(17(24)22-10-12-25-13-11-22)14-3-7-21(8-4-14)16-15-2-5-19-23(15)9-6-18-16/h2,5-6,9,14H,3-4,7-8,10-13H2,1H3. The first kappa shape index (κ1) is 16.1. The van der Waals surface area contributed by atoms with E-state index in [2.05, 4.69) is 15.0 Å². The van der Waals surface area contributed by atoms with Gasteiger partial charge in [0.15, 0.2) is 5.82 Å². The van der Waals surface area contributed by atoms with E-state index in [1.54, 1.807) is 12.4 Å². The number of amides is 2. The molecule has 2 aliphatic heterocycles. The van der Waals surface area contributed by atoms with Crippen molar-refractivity contribution in [3.8, 4) is 0 Å². The molecule has 0 unspecified atom stereocenters. The third-order valence-corrected chi connectivity index (χ3v) is 5.20. The van der Waals surface area contributed by atoms with Gasteiger partial charge < -0.3 is 19.4 Å². The van der Waals surface area contributed by atoms with Gasteiger partial charge in [0.2, 0.25) is 0 Å². The van der Waals surface area contributed by atoms with Crippen molar-refractivity contribution in [2.45, 2.75) is 18.9 Å². The number of rotatable bonds is 2. The zero-order valence-corrected chi connectivity index (χ0v) is 14.5. The van der Waals surface area contributed by atoms with Gasteiger partial charge in [0, 0.05) is 51.7 Å². The molecule has 0 aliphatic carbocycles. The van der Waals surface area contributed by atoms with Gasteiger partial charge in [-0.2, -0.15) is 5.10 Å². The fourth-order valence-corrected chi connectivity index (χ4v) is 3.69. The van der Waals surface area contributed by atoms with Gasteiger partial charge in [-0.15, -0.1) is 0 Å². The largest absolute Gasteiger partial charge is 0.378 e. The zero-order chi connectivity index (χ0) is 17.2. The highest BCUT2D eigenvalue weighted by atomic mass is 16.5. The quantitative estimate of drug-likeness (QED) is 0.816. The van der Waals surface area contributed by atoms with E-state index in [1.807, 2.05) is 33.6 Å². The average molecular weight is 344 g/mol. The first-order valence-electron chi connectivity index (χ1n) is 8.87. The van der Waals surface area contributed by atoms with Crippen LogP contribution in [0, 0.1) is 0 Å². The fraction of sp³-hybridized carbons (Fsp3) is 0.588. The third kappa shape index (κ3) is 3.13. The molecule has 2 aliphatic rings. The van der Waals surface area contributed by atoms with E-state index < -0.39 is 0 Å². The molecule has 8 heteroatoms. The summed E-state index contributed by atoms with van der Waals surface area (Å²) in [5, 5.41) is 4.27. The molecule has 0 radical (unpaired) electrons. The molecular formula is C17H24N6O2. The molecule has 2 aromatic heterocycles. The Hall–Kier alpha value is -2.35. The van der Waals surface area contributed by atoms with Crippen LogP contribution >= 0.6 is 0 Å². The number of carbonyl (C=O) groups excluding carboxylic acids is 1. The summed E-state index contributed by atoms with van der Waals surface area (Å²) in [7, 11) is 1.92. The maximum absolute atomic E-state index is 12.6. The van der Waals surface area contributed by atoms with Crippen molar-refractivity contribution in [3.05, 3.63) is 24.7 Å². The van der Waals surface area contributed by atoms with Gasteiger partial charge in [-0.05, 0) is 18.9 Å². The highest BCUT2D eigenvalue weighted by Gasteiger charge is 2.29. The molecule has 8 nitrogen and oxygen atoms in total. The molecule has 2 amide bonds. The predicted octanol–water partition coefficient (Wildman–Crippen LogP) is 1.08. The monoisotopic (exact) mass is 344 g/mol. The van der Waals surface area contributed by atoms with Crippen LogP contribution in [0.1, 0.15) is 12.8 Å². The van der Waals surface area contributed by atoms with Gasteiger partial charge in [-0.25, -0.2) is 14.3 Å². The van der Waals surface area contributed by atoms with Gasteiger partial charge in [-0.1, -0.05) is 0 Å². The number of fused-ring (bicyclic) bond motifs is 1. The van der Waals surface area contributed by atoms with Crippen LogP contribution in [0.3, 0.4) is 0 Å². The topological polar surface area (TPSA) is 66.2 Å². The lowest BCUT2D eigenvalue weighted by Crippen LogP contribution is -2.52. The number of hydrogen-bond donors (Lipinski definition) is 0. The lowest BCUT2D eigenvalue weighted by molar-refractivity contribution is 0.0409. The molecule has 0 spiro atoms. The normalized spacial score (nSPS) is 19.4. The molecule has 2 saturated heterocycles. The van der Waals surface area contributed by atoms with Gasteiger partial charge in [0.25, 0.3) is 0 Å². The second-order valence-electron chi connectivity index (χ2n) is 6.62. The summed E-state index contributed by atoms with van der Waals surface area (Å²) in [6, 6.07) is 2.39. The molecule has 2 fully saturated rings. The van der Waals surface area contributed by atoms with Crippen molar-refractivity contribution in [3.63, 3.8) is 0 Å². The average Bonchev–Trinajstić information content (AvgIpc) is 3.16. The Bertz CT molecular complexity index is 734. The minimum Gasteiger partial charge on any atom is -0.378 e. The van der Waals surface area contributed by atoms with E-state index in [0.717, 1.165) is 37.3 Å². The number of hydrogen-bond acceptors (Lipinski definition) is 5. The predicted molar refractivity (Wildman–Crippen MR) is 93.8 cm³/mol. The molecule has 4 heterocycles. The number of anilines is 1. The lowest BCUT2D eigenvalue weighted by Gasteiger charge is -2.39. The molecule has 0 saturated carbocycles. The Balaban J connectivity index is 1.39. The summed E-state index contributed by atoms with van der Waals surface area (Å²) in [6.07, 6.45) is 7.34. The summed E-state index contributed by atoms with van der Waals surface area (Å²) in [5.74, 6) is 0.973. The van der Waals surface area contributed by atoms with Gasteiger partial charge in [0.1, 0.15) is 5.52 Å².